The fraction of sp³-hybridized carbons (Fsp3) is 0.368. The van der Waals surface area contributed by atoms with Crippen LogP contribution in [-0.2, 0) is 10.5 Å². The summed E-state index contributed by atoms with van der Waals surface area (Å²) in [5, 5.41) is 2.08. The first-order valence-corrected chi connectivity index (χ1v) is 10.6. The van der Waals surface area contributed by atoms with Gasteiger partial charge in [0.2, 0.25) is 5.91 Å². The van der Waals surface area contributed by atoms with E-state index in [9.17, 15) is 4.79 Å². The Morgan fingerprint density at radius 2 is 2.08 bits per heavy atom. The zero-order valence-corrected chi connectivity index (χ0v) is 15.5. The van der Waals surface area contributed by atoms with Crippen LogP contribution in [-0.4, -0.2) is 34.6 Å². The first-order chi connectivity index (χ1) is 12.3. The summed E-state index contributed by atoms with van der Waals surface area (Å²) in [6, 6.07) is 12.0. The van der Waals surface area contributed by atoms with Crippen molar-refractivity contribution < 1.29 is 9.21 Å². The van der Waals surface area contributed by atoms with Gasteiger partial charge in [0, 0.05) is 29.6 Å². The Labute approximate surface area is 155 Å². The molecule has 0 atom stereocenters. The van der Waals surface area contributed by atoms with Crippen LogP contribution < -0.4 is 0 Å². The summed E-state index contributed by atoms with van der Waals surface area (Å²) in [4.78, 5) is 20.3. The standard InChI is InChI=1S/C19H20N2O2S2/c22-18(13-24-12-15-4-3-11-25-15)21-9-7-14(8-10-21)19-20-16-5-1-2-6-17(16)23-19/h1-6,11,14H,7-10,12-13H2. The Kier molecular flexibility index (Phi) is 5.08. The Hall–Kier alpha value is -1.79. The second kappa shape index (κ2) is 7.62. The SMILES string of the molecule is O=C(CSCc1cccs1)N1CCC(c2nc3ccccc3o2)CC1. The van der Waals surface area contributed by atoms with Crippen molar-refractivity contribution in [2.75, 3.05) is 18.8 Å². The van der Waals surface area contributed by atoms with Crippen LogP contribution in [0.15, 0.2) is 46.2 Å². The third kappa shape index (κ3) is 3.90. The number of rotatable bonds is 5. The second-order valence-corrected chi connectivity index (χ2v) is 8.26. The van der Waals surface area contributed by atoms with Gasteiger partial charge in [0.15, 0.2) is 11.5 Å². The van der Waals surface area contributed by atoms with E-state index in [2.05, 4.69) is 22.5 Å². The molecule has 4 nitrogen and oxygen atoms in total. The molecule has 2 aromatic heterocycles. The van der Waals surface area contributed by atoms with Crippen LogP contribution in [0.4, 0.5) is 0 Å². The molecule has 0 N–H and O–H groups in total. The van der Waals surface area contributed by atoms with Gasteiger partial charge in [-0.2, -0.15) is 0 Å². The van der Waals surface area contributed by atoms with E-state index in [0.717, 1.165) is 48.7 Å². The fourth-order valence-corrected chi connectivity index (χ4v) is 4.93. The molecule has 4 rings (SSSR count). The lowest BCUT2D eigenvalue weighted by Gasteiger charge is -2.30. The van der Waals surface area contributed by atoms with E-state index in [1.807, 2.05) is 29.2 Å². The summed E-state index contributed by atoms with van der Waals surface area (Å²) < 4.78 is 5.89. The summed E-state index contributed by atoms with van der Waals surface area (Å²) in [5.74, 6) is 2.86. The van der Waals surface area contributed by atoms with Crippen LogP contribution in [0.1, 0.15) is 29.5 Å². The van der Waals surface area contributed by atoms with Crippen LogP contribution in [0.5, 0.6) is 0 Å². The number of carbonyl (C=O) groups excluding carboxylic acids is 1. The van der Waals surface area contributed by atoms with Gasteiger partial charge in [-0.15, -0.1) is 23.1 Å². The summed E-state index contributed by atoms with van der Waals surface area (Å²) in [5.41, 5.74) is 1.77. The number of fused-ring (bicyclic) bond motifs is 1. The molecular weight excluding hydrogens is 352 g/mol. The molecule has 0 unspecified atom stereocenters. The number of thiophene rings is 1. The minimum absolute atomic E-state index is 0.248. The molecule has 0 bridgehead atoms. The number of hydrogen-bond donors (Lipinski definition) is 0. The Bertz CT molecular complexity index is 803. The molecule has 6 heteroatoms. The lowest BCUT2D eigenvalue weighted by Crippen LogP contribution is -2.39. The van der Waals surface area contributed by atoms with Gasteiger partial charge in [-0.1, -0.05) is 18.2 Å². The maximum absolute atomic E-state index is 12.4. The molecule has 1 saturated heterocycles. The number of nitrogens with zero attached hydrogens (tertiary/aromatic N) is 2. The molecule has 1 aliphatic heterocycles. The molecule has 3 heterocycles. The maximum Gasteiger partial charge on any atom is 0.232 e. The van der Waals surface area contributed by atoms with Gasteiger partial charge >= 0.3 is 0 Å². The summed E-state index contributed by atoms with van der Waals surface area (Å²) in [7, 11) is 0. The first-order valence-electron chi connectivity index (χ1n) is 8.53. The van der Waals surface area contributed by atoms with Crippen LogP contribution in [0.25, 0.3) is 11.1 Å². The summed E-state index contributed by atoms with van der Waals surface area (Å²) >= 11 is 3.45. The third-order valence-electron chi connectivity index (χ3n) is 4.56. The van der Waals surface area contributed by atoms with Crippen molar-refractivity contribution in [2.45, 2.75) is 24.5 Å². The quantitative estimate of drug-likeness (QED) is 0.660. The normalized spacial score (nSPS) is 15.8. The van der Waals surface area contributed by atoms with E-state index in [0.29, 0.717) is 11.7 Å². The second-order valence-electron chi connectivity index (χ2n) is 6.25. The van der Waals surface area contributed by atoms with Crippen molar-refractivity contribution in [1.82, 2.24) is 9.88 Å². The predicted molar refractivity (Wildman–Crippen MR) is 103 cm³/mol. The van der Waals surface area contributed by atoms with Crippen molar-refractivity contribution >= 4 is 40.1 Å². The van der Waals surface area contributed by atoms with Crippen LogP contribution in [0.2, 0.25) is 0 Å². The average molecular weight is 373 g/mol. The molecule has 0 aliphatic carbocycles. The number of likely N-dealkylation sites (tertiary alicyclic amines) is 1. The van der Waals surface area contributed by atoms with Crippen molar-refractivity contribution in [3.05, 3.63) is 52.5 Å². The number of amides is 1. The molecule has 0 saturated carbocycles. The van der Waals surface area contributed by atoms with Crippen LogP contribution >= 0.6 is 23.1 Å². The molecule has 1 aromatic carbocycles. The number of piperidine rings is 1. The highest BCUT2D eigenvalue weighted by atomic mass is 32.2. The van der Waals surface area contributed by atoms with Gasteiger partial charge in [-0.25, -0.2) is 4.98 Å². The molecular formula is C19H20N2O2S2. The van der Waals surface area contributed by atoms with Crippen molar-refractivity contribution in [2.24, 2.45) is 0 Å². The van der Waals surface area contributed by atoms with Gasteiger partial charge in [-0.05, 0) is 36.4 Å². The zero-order valence-electron chi connectivity index (χ0n) is 13.9. The van der Waals surface area contributed by atoms with Gasteiger partial charge in [0.05, 0.1) is 5.75 Å². The minimum atomic E-state index is 0.248. The fourth-order valence-electron chi connectivity index (χ4n) is 3.17. The molecule has 0 radical (unpaired) electrons. The minimum Gasteiger partial charge on any atom is -0.440 e. The first kappa shape index (κ1) is 16.7. The number of oxazole rings is 1. The molecule has 0 spiro atoms. The van der Waals surface area contributed by atoms with Crippen molar-refractivity contribution in [3.8, 4) is 0 Å². The third-order valence-corrected chi connectivity index (χ3v) is 6.58. The lowest BCUT2D eigenvalue weighted by molar-refractivity contribution is -0.129. The van der Waals surface area contributed by atoms with E-state index in [4.69, 9.17) is 4.42 Å². The topological polar surface area (TPSA) is 46.3 Å². The van der Waals surface area contributed by atoms with Crippen molar-refractivity contribution in [3.63, 3.8) is 0 Å². The highest BCUT2D eigenvalue weighted by Crippen LogP contribution is 2.30. The zero-order chi connectivity index (χ0) is 17.1. The van der Waals surface area contributed by atoms with E-state index < -0.39 is 0 Å². The van der Waals surface area contributed by atoms with E-state index in [1.165, 1.54) is 4.88 Å². The number of carbonyl (C=O) groups is 1. The molecule has 130 valence electrons. The van der Waals surface area contributed by atoms with Crippen molar-refractivity contribution in [1.29, 1.82) is 0 Å². The van der Waals surface area contributed by atoms with Gasteiger partial charge in [-0.3, -0.25) is 4.79 Å². The molecule has 1 amide bonds. The highest BCUT2D eigenvalue weighted by molar-refractivity contribution is 7.99. The number of aromatic nitrogens is 1. The smallest absolute Gasteiger partial charge is 0.232 e. The van der Waals surface area contributed by atoms with Crippen LogP contribution in [0, 0.1) is 0 Å². The molecule has 3 aromatic rings. The Balaban J connectivity index is 1.28. The van der Waals surface area contributed by atoms with Crippen LogP contribution in [0.3, 0.4) is 0 Å². The number of hydrogen-bond acceptors (Lipinski definition) is 5. The maximum atomic E-state index is 12.4. The average Bonchev–Trinajstić information content (AvgIpc) is 3.31. The van der Waals surface area contributed by atoms with Gasteiger partial charge < -0.3 is 9.32 Å². The van der Waals surface area contributed by atoms with E-state index >= 15 is 0 Å². The van der Waals surface area contributed by atoms with E-state index in [-0.39, 0.29) is 5.91 Å². The lowest BCUT2D eigenvalue weighted by atomic mass is 9.97. The number of benzene rings is 1. The number of para-hydroxylation sites is 2. The molecule has 1 fully saturated rings. The highest BCUT2D eigenvalue weighted by Gasteiger charge is 2.26. The Morgan fingerprint density at radius 3 is 2.84 bits per heavy atom. The van der Waals surface area contributed by atoms with E-state index in [1.54, 1.807) is 23.1 Å². The van der Waals surface area contributed by atoms with Gasteiger partial charge in [0.1, 0.15) is 5.52 Å². The molecule has 25 heavy (non-hydrogen) atoms. The number of thioether (sulfide) groups is 1. The summed E-state index contributed by atoms with van der Waals surface area (Å²) in [6.07, 6.45) is 1.85. The predicted octanol–water partition coefficient (Wildman–Crippen LogP) is 4.53. The largest absolute Gasteiger partial charge is 0.440 e. The summed E-state index contributed by atoms with van der Waals surface area (Å²) in [6.45, 7) is 1.59. The Morgan fingerprint density at radius 1 is 1.24 bits per heavy atom. The van der Waals surface area contributed by atoms with Gasteiger partial charge in [0.25, 0.3) is 0 Å². The molecule has 1 aliphatic rings. The monoisotopic (exact) mass is 372 g/mol.